The van der Waals surface area contributed by atoms with E-state index in [1.165, 1.54) is 14.1 Å². The average molecular weight is 472 g/mol. The van der Waals surface area contributed by atoms with Crippen molar-refractivity contribution in [1.82, 2.24) is 19.6 Å². The molecule has 3 rings (SSSR count). The lowest BCUT2D eigenvalue weighted by molar-refractivity contribution is -0.155. The quantitative estimate of drug-likeness (QED) is 0.495. The van der Waals surface area contributed by atoms with Crippen molar-refractivity contribution in [3.63, 3.8) is 0 Å². The number of nitrogens with zero attached hydrogens (tertiary/aromatic N) is 4. The van der Waals surface area contributed by atoms with Crippen LogP contribution in [0.3, 0.4) is 0 Å². The van der Waals surface area contributed by atoms with Gasteiger partial charge in [0.1, 0.15) is 11.2 Å². The van der Waals surface area contributed by atoms with Crippen molar-refractivity contribution in [3.05, 3.63) is 52.8 Å². The fourth-order valence-corrected chi connectivity index (χ4v) is 3.72. The summed E-state index contributed by atoms with van der Waals surface area (Å²) < 4.78 is 71.0. The molecular formula is C21H21F5N4O3. The number of rotatable bonds is 5. The zero-order chi connectivity index (χ0) is 24.7. The van der Waals surface area contributed by atoms with Crippen LogP contribution in [0.2, 0.25) is 0 Å². The molecule has 0 spiro atoms. The molecule has 1 aromatic carbocycles. The van der Waals surface area contributed by atoms with Gasteiger partial charge >= 0.3 is 12.8 Å². The number of ether oxygens (including phenoxy) is 1. The SMILES string of the molecule is CN1C(=O)C(C)(Cc2ccccc2)N(C)C(=O)/C1=C/c1c(C(F)(F)F)nn(C)c1OC(F)F. The van der Waals surface area contributed by atoms with Crippen molar-refractivity contribution >= 4 is 17.9 Å². The molecule has 0 saturated carbocycles. The molecule has 33 heavy (non-hydrogen) atoms. The smallest absolute Gasteiger partial charge is 0.417 e. The molecule has 1 unspecified atom stereocenters. The summed E-state index contributed by atoms with van der Waals surface area (Å²) in [7, 11) is 3.59. The van der Waals surface area contributed by atoms with E-state index in [4.69, 9.17) is 0 Å². The predicted octanol–water partition coefficient (Wildman–Crippen LogP) is 3.31. The first-order valence-electron chi connectivity index (χ1n) is 9.68. The van der Waals surface area contributed by atoms with E-state index in [1.54, 1.807) is 37.3 Å². The number of hydrogen-bond acceptors (Lipinski definition) is 4. The van der Waals surface area contributed by atoms with Crippen molar-refractivity contribution in [3.8, 4) is 5.88 Å². The molecule has 2 amide bonds. The van der Waals surface area contributed by atoms with Crippen LogP contribution in [-0.2, 0) is 29.2 Å². The molecule has 1 atom stereocenters. The second-order valence-electron chi connectivity index (χ2n) is 7.76. The second-order valence-corrected chi connectivity index (χ2v) is 7.76. The van der Waals surface area contributed by atoms with Crippen LogP contribution in [0, 0.1) is 0 Å². The zero-order valence-corrected chi connectivity index (χ0v) is 18.2. The van der Waals surface area contributed by atoms with Gasteiger partial charge in [-0.15, -0.1) is 0 Å². The number of likely N-dealkylation sites (N-methyl/N-ethyl adjacent to an activating group) is 2. The van der Waals surface area contributed by atoms with Crippen LogP contribution in [0.15, 0.2) is 36.0 Å². The largest absolute Gasteiger partial charge is 0.435 e. The van der Waals surface area contributed by atoms with Crippen LogP contribution >= 0.6 is 0 Å². The van der Waals surface area contributed by atoms with E-state index >= 15 is 0 Å². The first-order valence-corrected chi connectivity index (χ1v) is 9.68. The van der Waals surface area contributed by atoms with E-state index in [1.807, 2.05) is 0 Å². The summed E-state index contributed by atoms with van der Waals surface area (Å²) in [6.07, 6.45) is -4.17. The number of aryl methyl sites for hydroxylation is 1. The molecule has 0 N–H and O–H groups in total. The Bertz CT molecular complexity index is 1100. The molecule has 178 valence electrons. The Morgan fingerprint density at radius 1 is 1.12 bits per heavy atom. The molecule has 0 radical (unpaired) electrons. The Labute approximate surface area is 186 Å². The van der Waals surface area contributed by atoms with E-state index in [-0.39, 0.29) is 6.42 Å². The van der Waals surface area contributed by atoms with Gasteiger partial charge in [0.25, 0.3) is 11.8 Å². The van der Waals surface area contributed by atoms with Crippen LogP contribution in [-0.4, -0.2) is 57.6 Å². The number of hydrogen-bond donors (Lipinski definition) is 0. The normalized spacial score (nSPS) is 20.8. The van der Waals surface area contributed by atoms with Crippen molar-refractivity contribution < 1.29 is 36.3 Å². The zero-order valence-electron chi connectivity index (χ0n) is 18.2. The van der Waals surface area contributed by atoms with Gasteiger partial charge in [-0.2, -0.15) is 27.1 Å². The van der Waals surface area contributed by atoms with Crippen LogP contribution in [0.25, 0.3) is 6.08 Å². The standard InChI is InChI=1S/C21H21F5N4O3/c1-20(11-12-8-6-5-7-9-12)18(32)28(2)14(16(31)29(20)3)10-13-15(21(24,25)26)27-30(4)17(13)33-19(22)23/h5-10,19H,11H2,1-4H3/b14-10-. The third-order valence-electron chi connectivity index (χ3n) is 5.56. The minimum Gasteiger partial charge on any atom is -0.417 e. The highest BCUT2D eigenvalue weighted by atomic mass is 19.4. The highest BCUT2D eigenvalue weighted by molar-refractivity contribution is 6.09. The van der Waals surface area contributed by atoms with Gasteiger partial charge in [0, 0.05) is 27.6 Å². The van der Waals surface area contributed by atoms with Crippen molar-refractivity contribution in [1.29, 1.82) is 0 Å². The lowest BCUT2D eigenvalue weighted by atomic mass is 9.87. The van der Waals surface area contributed by atoms with Gasteiger partial charge in [-0.3, -0.25) is 9.59 Å². The number of carbonyl (C=O) groups excluding carboxylic acids is 2. The third kappa shape index (κ3) is 4.41. The summed E-state index contributed by atoms with van der Waals surface area (Å²) in [5.41, 5.74) is -3.40. The molecule has 1 fully saturated rings. The Balaban J connectivity index is 2.10. The number of halogens is 5. The first kappa shape index (κ1) is 24.2. The van der Waals surface area contributed by atoms with Crippen molar-refractivity contribution in [2.75, 3.05) is 14.1 Å². The van der Waals surface area contributed by atoms with E-state index in [2.05, 4.69) is 9.84 Å². The van der Waals surface area contributed by atoms with Crippen molar-refractivity contribution in [2.24, 2.45) is 7.05 Å². The highest BCUT2D eigenvalue weighted by Crippen LogP contribution is 2.39. The van der Waals surface area contributed by atoms with Crippen LogP contribution < -0.4 is 4.74 Å². The van der Waals surface area contributed by atoms with Crippen LogP contribution in [0.4, 0.5) is 22.0 Å². The van der Waals surface area contributed by atoms with E-state index in [0.29, 0.717) is 10.8 Å². The monoisotopic (exact) mass is 472 g/mol. The molecule has 0 bridgehead atoms. The molecular weight excluding hydrogens is 451 g/mol. The minimum absolute atomic E-state index is 0.160. The Morgan fingerprint density at radius 2 is 1.73 bits per heavy atom. The Morgan fingerprint density at radius 3 is 2.27 bits per heavy atom. The van der Waals surface area contributed by atoms with Gasteiger partial charge in [-0.05, 0) is 18.6 Å². The summed E-state index contributed by atoms with van der Waals surface area (Å²) >= 11 is 0. The predicted molar refractivity (Wildman–Crippen MR) is 107 cm³/mol. The Kier molecular flexibility index (Phi) is 6.22. The number of benzene rings is 1. The maximum atomic E-state index is 13.5. The molecule has 1 saturated heterocycles. The molecule has 12 heteroatoms. The minimum atomic E-state index is -5.03. The van der Waals surface area contributed by atoms with Gasteiger partial charge in [0.05, 0.1) is 5.56 Å². The average Bonchev–Trinajstić information content (AvgIpc) is 3.04. The lowest BCUT2D eigenvalue weighted by Crippen LogP contribution is -2.64. The lowest BCUT2D eigenvalue weighted by Gasteiger charge is -2.45. The molecule has 1 aliphatic rings. The van der Waals surface area contributed by atoms with Gasteiger partial charge in [-0.25, -0.2) is 4.68 Å². The van der Waals surface area contributed by atoms with E-state index in [9.17, 15) is 31.5 Å². The number of aromatic nitrogens is 2. The first-order chi connectivity index (χ1) is 15.3. The topological polar surface area (TPSA) is 67.7 Å². The molecule has 2 heterocycles. The fourth-order valence-electron chi connectivity index (χ4n) is 3.72. The Hall–Kier alpha value is -3.44. The summed E-state index contributed by atoms with van der Waals surface area (Å²) in [6, 6.07) is 8.90. The molecule has 1 aromatic heterocycles. The van der Waals surface area contributed by atoms with E-state index < -0.39 is 53.0 Å². The van der Waals surface area contributed by atoms with Gasteiger partial charge in [0.15, 0.2) is 5.69 Å². The van der Waals surface area contributed by atoms with Crippen LogP contribution in [0.1, 0.15) is 23.7 Å². The van der Waals surface area contributed by atoms with Gasteiger partial charge in [-0.1, -0.05) is 30.3 Å². The number of piperazine rings is 1. The van der Waals surface area contributed by atoms with E-state index in [0.717, 1.165) is 22.4 Å². The molecule has 0 aliphatic carbocycles. The number of carbonyl (C=O) groups is 2. The maximum Gasteiger partial charge on any atom is 0.435 e. The maximum absolute atomic E-state index is 13.5. The molecule has 1 aliphatic heterocycles. The molecule has 7 nitrogen and oxygen atoms in total. The number of amides is 2. The third-order valence-corrected chi connectivity index (χ3v) is 5.56. The summed E-state index contributed by atoms with van der Waals surface area (Å²) in [5.74, 6) is -2.22. The summed E-state index contributed by atoms with van der Waals surface area (Å²) in [4.78, 5) is 28.5. The van der Waals surface area contributed by atoms with Gasteiger partial charge < -0.3 is 14.5 Å². The molecule has 2 aromatic rings. The number of alkyl halides is 5. The van der Waals surface area contributed by atoms with Gasteiger partial charge in [0.2, 0.25) is 5.88 Å². The highest BCUT2D eigenvalue weighted by Gasteiger charge is 2.49. The fraction of sp³-hybridized carbons (Fsp3) is 0.381. The summed E-state index contributed by atoms with van der Waals surface area (Å²) in [6.45, 7) is -1.89. The summed E-state index contributed by atoms with van der Waals surface area (Å²) in [5, 5.41) is 3.23. The second kappa shape index (κ2) is 8.49. The van der Waals surface area contributed by atoms with Crippen molar-refractivity contribution in [2.45, 2.75) is 31.7 Å². The van der Waals surface area contributed by atoms with Crippen LogP contribution in [0.5, 0.6) is 5.88 Å².